The summed E-state index contributed by atoms with van der Waals surface area (Å²) >= 11 is 0. The molecular weight excluding hydrogens is 492 g/mol. The highest BCUT2D eigenvalue weighted by molar-refractivity contribution is 5.89. The third-order valence-electron chi connectivity index (χ3n) is 7.26. The Morgan fingerprint density at radius 2 is 1.51 bits per heavy atom. The summed E-state index contributed by atoms with van der Waals surface area (Å²) in [5.41, 5.74) is 1.57. The molecule has 7 heteroatoms. The summed E-state index contributed by atoms with van der Waals surface area (Å²) in [7, 11) is 0. The Morgan fingerprint density at radius 3 is 2.13 bits per heavy atom. The SMILES string of the molecule is CC(C)(C)OC(=O)N1CCC(CC(=O)N[C@@H](Cc2ccc(OCc3ccccc3)cc2)C(=O)CC2CC2)CC1. The highest BCUT2D eigenvalue weighted by Gasteiger charge is 2.31. The summed E-state index contributed by atoms with van der Waals surface area (Å²) in [4.78, 5) is 40.1. The summed E-state index contributed by atoms with van der Waals surface area (Å²) in [5.74, 6) is 1.43. The molecule has 0 radical (unpaired) electrons. The Morgan fingerprint density at radius 1 is 0.872 bits per heavy atom. The fraction of sp³-hybridized carbons (Fsp3) is 0.531. The normalized spacial score (nSPS) is 16.8. The molecule has 1 saturated heterocycles. The summed E-state index contributed by atoms with van der Waals surface area (Å²) in [5, 5.41) is 3.05. The van der Waals surface area contributed by atoms with Gasteiger partial charge in [0.05, 0.1) is 6.04 Å². The zero-order chi connectivity index (χ0) is 27.8. The zero-order valence-corrected chi connectivity index (χ0v) is 23.5. The predicted molar refractivity (Wildman–Crippen MR) is 150 cm³/mol. The zero-order valence-electron chi connectivity index (χ0n) is 23.5. The van der Waals surface area contributed by atoms with Crippen molar-refractivity contribution in [3.05, 3.63) is 65.7 Å². The van der Waals surface area contributed by atoms with Crippen LogP contribution in [0.25, 0.3) is 0 Å². The second-order valence-electron chi connectivity index (χ2n) is 12.0. The molecule has 2 amide bonds. The minimum absolute atomic E-state index is 0.0947. The average Bonchev–Trinajstić information content (AvgIpc) is 3.72. The molecule has 0 aromatic heterocycles. The first kappa shape index (κ1) is 28.7. The number of amides is 2. The Labute approximate surface area is 232 Å². The van der Waals surface area contributed by atoms with Crippen LogP contribution in [0, 0.1) is 11.8 Å². The van der Waals surface area contributed by atoms with E-state index in [1.165, 1.54) is 0 Å². The summed E-state index contributed by atoms with van der Waals surface area (Å²) in [6.07, 6.45) is 4.74. The molecule has 1 aliphatic heterocycles. The van der Waals surface area contributed by atoms with E-state index in [-0.39, 0.29) is 23.7 Å². The molecule has 210 valence electrons. The van der Waals surface area contributed by atoms with Crippen LogP contribution in [-0.2, 0) is 27.4 Å². The van der Waals surface area contributed by atoms with E-state index in [0.29, 0.717) is 44.9 Å². The Bertz CT molecular complexity index is 1100. The first-order valence-electron chi connectivity index (χ1n) is 14.2. The number of ketones is 1. The summed E-state index contributed by atoms with van der Waals surface area (Å²) in [6.45, 7) is 7.23. The van der Waals surface area contributed by atoms with Crippen LogP contribution in [0.2, 0.25) is 0 Å². The van der Waals surface area contributed by atoms with Crippen LogP contribution >= 0.6 is 0 Å². The topological polar surface area (TPSA) is 84.9 Å². The molecule has 2 aliphatic rings. The number of ether oxygens (including phenoxy) is 2. The van der Waals surface area contributed by atoms with Crippen molar-refractivity contribution in [2.45, 2.75) is 84.0 Å². The van der Waals surface area contributed by atoms with Crippen LogP contribution in [0.15, 0.2) is 54.6 Å². The van der Waals surface area contributed by atoms with E-state index in [0.717, 1.165) is 42.6 Å². The van der Waals surface area contributed by atoms with Crippen molar-refractivity contribution in [3.8, 4) is 5.75 Å². The van der Waals surface area contributed by atoms with Crippen LogP contribution in [0.5, 0.6) is 5.75 Å². The Balaban J connectivity index is 1.28. The summed E-state index contributed by atoms with van der Waals surface area (Å²) < 4.78 is 11.4. The van der Waals surface area contributed by atoms with Gasteiger partial charge in [-0.3, -0.25) is 9.59 Å². The van der Waals surface area contributed by atoms with Crippen molar-refractivity contribution < 1.29 is 23.9 Å². The van der Waals surface area contributed by atoms with E-state index in [9.17, 15) is 14.4 Å². The number of piperidine rings is 1. The number of benzene rings is 2. The van der Waals surface area contributed by atoms with Crippen LogP contribution in [-0.4, -0.2) is 47.4 Å². The van der Waals surface area contributed by atoms with Crippen molar-refractivity contribution in [3.63, 3.8) is 0 Å². The molecule has 2 aromatic rings. The first-order valence-corrected chi connectivity index (χ1v) is 14.2. The molecule has 0 unspecified atom stereocenters. The lowest BCUT2D eigenvalue weighted by Gasteiger charge is -2.33. The molecule has 1 saturated carbocycles. The second kappa shape index (κ2) is 13.1. The number of likely N-dealkylation sites (tertiary alicyclic amines) is 1. The number of nitrogens with zero attached hydrogens (tertiary/aromatic N) is 1. The molecule has 1 heterocycles. The van der Waals surface area contributed by atoms with Crippen LogP contribution < -0.4 is 10.1 Å². The van der Waals surface area contributed by atoms with Gasteiger partial charge in [-0.05, 0) is 88.0 Å². The number of carbonyl (C=O) groups is 3. The average molecular weight is 535 g/mol. The second-order valence-corrected chi connectivity index (χ2v) is 12.0. The van der Waals surface area contributed by atoms with Crippen molar-refractivity contribution in [1.82, 2.24) is 10.2 Å². The molecule has 7 nitrogen and oxygen atoms in total. The van der Waals surface area contributed by atoms with E-state index < -0.39 is 11.6 Å². The predicted octanol–water partition coefficient (Wildman–Crippen LogP) is 5.70. The highest BCUT2D eigenvalue weighted by atomic mass is 16.6. The number of carbonyl (C=O) groups excluding carboxylic acids is 3. The van der Waals surface area contributed by atoms with Gasteiger partial charge in [0.15, 0.2) is 5.78 Å². The standard InChI is InChI=1S/C32H42N2O5/c1-32(2,3)39-31(37)34-17-15-25(16-18-34)21-30(36)33-28(29(35)20-24-9-10-24)19-23-11-13-27(14-12-23)38-22-26-7-5-4-6-8-26/h4-8,11-14,24-25,28H,9-10,15-22H2,1-3H3,(H,33,36)/t28-/m0/s1. The lowest BCUT2D eigenvalue weighted by atomic mass is 9.92. The molecule has 1 atom stereocenters. The van der Waals surface area contributed by atoms with Gasteiger partial charge in [0, 0.05) is 25.9 Å². The molecule has 0 spiro atoms. The largest absolute Gasteiger partial charge is 0.489 e. The smallest absolute Gasteiger partial charge is 0.410 e. The quantitative estimate of drug-likeness (QED) is 0.400. The maximum atomic E-state index is 13.1. The van der Waals surface area contributed by atoms with Crippen LogP contribution in [0.1, 0.15) is 70.4 Å². The molecule has 1 N–H and O–H groups in total. The van der Waals surface area contributed by atoms with E-state index in [2.05, 4.69) is 5.32 Å². The van der Waals surface area contributed by atoms with E-state index in [1.807, 2.05) is 75.4 Å². The molecule has 2 aromatic carbocycles. The molecule has 2 fully saturated rings. The third kappa shape index (κ3) is 9.72. The molecular formula is C32H42N2O5. The fourth-order valence-electron chi connectivity index (χ4n) is 4.85. The maximum absolute atomic E-state index is 13.1. The van der Waals surface area contributed by atoms with Gasteiger partial charge >= 0.3 is 6.09 Å². The Hall–Kier alpha value is -3.35. The first-order chi connectivity index (χ1) is 18.6. The van der Waals surface area contributed by atoms with Crippen LogP contribution in [0.3, 0.4) is 0 Å². The monoisotopic (exact) mass is 534 g/mol. The molecule has 39 heavy (non-hydrogen) atoms. The molecule has 4 rings (SSSR count). The van der Waals surface area contributed by atoms with Gasteiger partial charge in [0.2, 0.25) is 5.91 Å². The van der Waals surface area contributed by atoms with Gasteiger partial charge in [-0.2, -0.15) is 0 Å². The van der Waals surface area contributed by atoms with Gasteiger partial charge in [0.25, 0.3) is 0 Å². The number of nitrogens with one attached hydrogen (secondary N) is 1. The number of hydrogen-bond donors (Lipinski definition) is 1. The molecule has 0 bridgehead atoms. The maximum Gasteiger partial charge on any atom is 0.410 e. The van der Waals surface area contributed by atoms with Crippen molar-refractivity contribution in [2.24, 2.45) is 11.8 Å². The number of hydrogen-bond acceptors (Lipinski definition) is 5. The van der Waals surface area contributed by atoms with E-state index >= 15 is 0 Å². The minimum Gasteiger partial charge on any atom is -0.489 e. The minimum atomic E-state index is -0.531. The lowest BCUT2D eigenvalue weighted by molar-refractivity contribution is -0.128. The van der Waals surface area contributed by atoms with Crippen molar-refractivity contribution in [1.29, 1.82) is 0 Å². The van der Waals surface area contributed by atoms with Gasteiger partial charge in [-0.1, -0.05) is 42.5 Å². The fourth-order valence-corrected chi connectivity index (χ4v) is 4.85. The van der Waals surface area contributed by atoms with Gasteiger partial charge < -0.3 is 19.7 Å². The van der Waals surface area contributed by atoms with Crippen molar-refractivity contribution in [2.75, 3.05) is 13.1 Å². The van der Waals surface area contributed by atoms with Gasteiger partial charge in [-0.25, -0.2) is 4.79 Å². The summed E-state index contributed by atoms with van der Waals surface area (Å²) in [6, 6.07) is 17.2. The molecule has 1 aliphatic carbocycles. The third-order valence-corrected chi connectivity index (χ3v) is 7.26. The van der Waals surface area contributed by atoms with Crippen LogP contribution in [0.4, 0.5) is 4.79 Å². The Kier molecular flexibility index (Phi) is 9.65. The lowest BCUT2D eigenvalue weighted by Crippen LogP contribution is -2.45. The highest BCUT2D eigenvalue weighted by Crippen LogP contribution is 2.33. The number of rotatable bonds is 11. The van der Waals surface area contributed by atoms with E-state index in [1.54, 1.807) is 4.90 Å². The van der Waals surface area contributed by atoms with Crippen molar-refractivity contribution >= 4 is 17.8 Å². The van der Waals surface area contributed by atoms with E-state index in [4.69, 9.17) is 9.47 Å². The van der Waals surface area contributed by atoms with Gasteiger partial charge in [-0.15, -0.1) is 0 Å². The number of Topliss-reactive ketones (excluding diaryl/α,β-unsaturated/α-hetero) is 1. The van der Waals surface area contributed by atoms with Gasteiger partial charge in [0.1, 0.15) is 18.0 Å².